The number of aliphatic imine (C=N–C) groups is 1. The van der Waals surface area contributed by atoms with Gasteiger partial charge in [-0.1, -0.05) is 64.1 Å². The van der Waals surface area contributed by atoms with E-state index in [9.17, 15) is 19.2 Å². The third kappa shape index (κ3) is 14.8. The number of carbonyl (C=O) groups is 4. The summed E-state index contributed by atoms with van der Waals surface area (Å²) in [5, 5.41) is 11.0. The van der Waals surface area contributed by atoms with Crippen LogP contribution < -0.4 is 30.7 Å². The number of carbonyl (C=O) groups excluding carboxylic acids is 4. The lowest BCUT2D eigenvalue weighted by Crippen LogP contribution is -2.32. The van der Waals surface area contributed by atoms with E-state index in [0.29, 0.717) is 67.3 Å². The number of fused-ring (bicyclic) bond motifs is 2. The highest BCUT2D eigenvalue weighted by atomic mass is 16.5. The molecule has 1 atom stereocenters. The SMILES string of the molecule is CC.CCCOC(C)(C)c1ccc(C2=CN3C(=O)c4cc(OC)c(OCCCC(=O)Nc5cc(C)n(C)c5)cc4N=CC3C2)cc1.CCNC.CNC(=O)c1cc(-c2ccc(NC=O)cc2)cn1C. The van der Waals surface area contributed by atoms with Crippen molar-refractivity contribution in [1.82, 2.24) is 24.7 Å². The molecular weight excluding hydrogens is 873 g/mol. The van der Waals surface area contributed by atoms with E-state index in [1.807, 2.05) is 108 Å². The molecule has 0 spiro atoms. The summed E-state index contributed by atoms with van der Waals surface area (Å²) in [6.45, 7) is 16.4. The first-order valence-electron chi connectivity index (χ1n) is 23.6. The molecule has 15 heteroatoms. The molecule has 3 aromatic carbocycles. The standard InChI is InChI=1S/C35H42N4O5.C14H15N3O2.C3H9N.C2H6/c1-7-14-44-35(3,4)26-12-10-24(11-13-26)25-17-28-20-36-30-19-32(31(42-6)18-29(30)34(41)39(28)21-25)43-15-8-9-33(40)37-27-16-23(2)38(5)22-27;1-15-14(19)13-7-11(8-17(13)2)10-3-5-12(6-4-10)16-9-18;1-3-4-2;1-2/h10-13,16,18-22,28H,7-9,14-15,17H2,1-6H3,(H,37,40);3-9H,1-2H3,(H,15,19)(H,16,18);4H,3H2,1-2H3;1-2H3. The van der Waals surface area contributed by atoms with Crippen LogP contribution in [0.1, 0.15) is 105 Å². The van der Waals surface area contributed by atoms with E-state index in [2.05, 4.69) is 73.2 Å². The van der Waals surface area contributed by atoms with Crippen LogP contribution in [0.5, 0.6) is 11.5 Å². The van der Waals surface area contributed by atoms with Gasteiger partial charge in [-0.05, 0) is 99.8 Å². The maximum absolute atomic E-state index is 13.7. The number of ether oxygens (including phenoxy) is 3. The molecule has 0 radical (unpaired) electrons. The number of hydrogen-bond acceptors (Lipinski definition) is 9. The molecule has 5 aromatic rings. The van der Waals surface area contributed by atoms with E-state index in [1.54, 1.807) is 35.8 Å². The van der Waals surface area contributed by atoms with Crippen LogP contribution in [0.3, 0.4) is 0 Å². The molecule has 2 aliphatic heterocycles. The van der Waals surface area contributed by atoms with Crippen LogP contribution >= 0.6 is 0 Å². The molecule has 4 N–H and O–H groups in total. The van der Waals surface area contributed by atoms with E-state index >= 15 is 0 Å². The number of amides is 4. The van der Waals surface area contributed by atoms with E-state index in [0.717, 1.165) is 57.9 Å². The van der Waals surface area contributed by atoms with Crippen molar-refractivity contribution in [3.63, 3.8) is 0 Å². The van der Waals surface area contributed by atoms with Crippen LogP contribution in [0.15, 0.2) is 96.4 Å². The highest BCUT2D eigenvalue weighted by Crippen LogP contribution is 2.40. The summed E-state index contributed by atoms with van der Waals surface area (Å²) in [7, 11) is 8.85. The molecule has 1 unspecified atom stereocenters. The molecule has 0 bridgehead atoms. The predicted molar refractivity (Wildman–Crippen MR) is 278 cm³/mol. The number of methoxy groups -OCH3 is 1. The molecule has 0 aliphatic carbocycles. The first-order chi connectivity index (χ1) is 33.2. The van der Waals surface area contributed by atoms with E-state index in [4.69, 9.17) is 19.2 Å². The van der Waals surface area contributed by atoms with Crippen molar-refractivity contribution in [2.45, 2.75) is 85.8 Å². The van der Waals surface area contributed by atoms with Crippen LogP contribution in [0.25, 0.3) is 16.7 Å². The number of nitrogens with one attached hydrogen (secondary N) is 4. The molecule has 2 aliphatic rings. The molecule has 7 rings (SSSR count). The maximum atomic E-state index is 13.7. The smallest absolute Gasteiger partial charge is 0.267 e. The molecule has 4 amide bonds. The third-order valence-corrected chi connectivity index (χ3v) is 11.4. The van der Waals surface area contributed by atoms with Crippen molar-refractivity contribution in [1.29, 1.82) is 0 Å². The number of aryl methyl sites for hydroxylation is 3. The molecule has 2 aromatic heterocycles. The van der Waals surface area contributed by atoms with Crippen molar-refractivity contribution in [3.05, 3.63) is 119 Å². The lowest BCUT2D eigenvalue weighted by Gasteiger charge is -2.26. The Morgan fingerprint density at radius 1 is 0.870 bits per heavy atom. The number of benzene rings is 3. The molecule has 0 saturated carbocycles. The Bertz CT molecular complexity index is 2520. The summed E-state index contributed by atoms with van der Waals surface area (Å²) in [5.74, 6) is 0.604. The van der Waals surface area contributed by atoms with Gasteiger partial charge >= 0.3 is 0 Å². The molecule has 0 fully saturated rings. The van der Waals surface area contributed by atoms with E-state index < -0.39 is 0 Å². The first kappa shape index (κ1) is 54.6. The van der Waals surface area contributed by atoms with Gasteiger partial charge in [-0.15, -0.1) is 0 Å². The van der Waals surface area contributed by atoms with Crippen LogP contribution in [0.2, 0.25) is 0 Å². The molecule has 0 saturated heterocycles. The topological polar surface area (TPSA) is 170 Å². The van der Waals surface area contributed by atoms with Crippen molar-refractivity contribution >= 4 is 53.0 Å². The Morgan fingerprint density at radius 2 is 1.55 bits per heavy atom. The van der Waals surface area contributed by atoms with Gasteiger partial charge in [0.1, 0.15) is 5.69 Å². The van der Waals surface area contributed by atoms with Crippen molar-refractivity contribution < 1.29 is 33.4 Å². The average molecular weight is 945 g/mol. The quantitative estimate of drug-likeness (QED) is 0.0528. The zero-order valence-electron chi connectivity index (χ0n) is 42.5. The zero-order chi connectivity index (χ0) is 50.7. The van der Waals surface area contributed by atoms with E-state index in [1.165, 1.54) is 0 Å². The Balaban J connectivity index is 0.000000343. The highest BCUT2D eigenvalue weighted by molar-refractivity contribution is 6.05. The molecule has 370 valence electrons. The van der Waals surface area contributed by atoms with Gasteiger partial charge in [-0.25, -0.2) is 0 Å². The zero-order valence-corrected chi connectivity index (χ0v) is 42.5. The first-order valence-corrected chi connectivity index (χ1v) is 23.6. The fraction of sp³-hybridized carbons (Fsp3) is 0.389. The second-order valence-corrected chi connectivity index (χ2v) is 16.7. The predicted octanol–water partition coefficient (Wildman–Crippen LogP) is 9.64. The number of hydrogen-bond donors (Lipinski definition) is 4. The van der Waals surface area contributed by atoms with Gasteiger partial charge in [0, 0.05) is 88.4 Å². The Labute approximate surface area is 408 Å². The molecule has 15 nitrogen and oxygen atoms in total. The molecule has 69 heavy (non-hydrogen) atoms. The minimum atomic E-state index is -0.363. The van der Waals surface area contributed by atoms with Gasteiger partial charge in [0.05, 0.1) is 42.3 Å². The van der Waals surface area contributed by atoms with Gasteiger partial charge < -0.3 is 49.5 Å². The lowest BCUT2D eigenvalue weighted by atomic mass is 9.94. The van der Waals surface area contributed by atoms with Gasteiger partial charge in [0.2, 0.25) is 12.3 Å². The van der Waals surface area contributed by atoms with Crippen molar-refractivity contribution in [2.75, 3.05) is 51.6 Å². The number of rotatable bonds is 17. The highest BCUT2D eigenvalue weighted by Gasteiger charge is 2.34. The summed E-state index contributed by atoms with van der Waals surface area (Å²) >= 11 is 0. The number of aromatic nitrogens is 2. The summed E-state index contributed by atoms with van der Waals surface area (Å²) in [5.41, 5.74) is 9.03. The average Bonchev–Trinajstić information content (AvgIpc) is 4.05. The Morgan fingerprint density at radius 3 is 2.14 bits per heavy atom. The Hall–Kier alpha value is -6.97. The summed E-state index contributed by atoms with van der Waals surface area (Å²) < 4.78 is 21.3. The van der Waals surface area contributed by atoms with Gasteiger partial charge in [0.15, 0.2) is 11.5 Å². The van der Waals surface area contributed by atoms with Crippen LogP contribution in [-0.2, 0) is 34.0 Å². The largest absolute Gasteiger partial charge is 0.493 e. The normalized spacial score (nSPS) is 13.4. The number of nitrogens with zero attached hydrogens (tertiary/aromatic N) is 4. The summed E-state index contributed by atoms with van der Waals surface area (Å²) in [6, 6.07) is 22.8. The minimum Gasteiger partial charge on any atom is -0.493 e. The second-order valence-electron chi connectivity index (χ2n) is 16.7. The lowest BCUT2D eigenvalue weighted by molar-refractivity contribution is -0.116. The minimum absolute atomic E-state index is 0.0722. The fourth-order valence-electron chi connectivity index (χ4n) is 7.38. The van der Waals surface area contributed by atoms with Crippen molar-refractivity contribution in [3.8, 4) is 22.6 Å². The van der Waals surface area contributed by atoms with Gasteiger partial charge in [-0.2, -0.15) is 0 Å². The maximum Gasteiger partial charge on any atom is 0.267 e. The van der Waals surface area contributed by atoms with Gasteiger partial charge in [0.25, 0.3) is 11.8 Å². The molecule has 4 heterocycles. The fourth-order valence-corrected chi connectivity index (χ4v) is 7.38. The van der Waals surface area contributed by atoms with E-state index in [-0.39, 0.29) is 29.4 Å². The molecular formula is C54H72N8O7. The Kier molecular flexibility index (Phi) is 21.0. The van der Waals surface area contributed by atoms with Crippen LogP contribution in [-0.4, -0.2) is 91.4 Å². The van der Waals surface area contributed by atoms with Crippen LogP contribution in [0, 0.1) is 6.92 Å². The summed E-state index contributed by atoms with van der Waals surface area (Å²) in [6.07, 6.45) is 10.7. The number of anilines is 2. The van der Waals surface area contributed by atoms with Crippen LogP contribution in [0.4, 0.5) is 17.1 Å². The second kappa shape index (κ2) is 26.5. The van der Waals surface area contributed by atoms with Crippen molar-refractivity contribution in [2.24, 2.45) is 19.1 Å². The van der Waals surface area contributed by atoms with Gasteiger partial charge in [-0.3, -0.25) is 24.2 Å². The third-order valence-electron chi connectivity index (χ3n) is 11.4. The monoisotopic (exact) mass is 945 g/mol. The summed E-state index contributed by atoms with van der Waals surface area (Å²) in [4.78, 5) is 54.5.